The van der Waals surface area contributed by atoms with Gasteiger partial charge < -0.3 is 9.84 Å². The number of carbonyl (C=O) groups is 1. The van der Waals surface area contributed by atoms with Crippen molar-refractivity contribution in [2.75, 3.05) is 7.11 Å². The largest absolute Gasteiger partial charge is 0.467 e. The standard InChI is InChI=1S/C30H50O3/c1-19(2)10-9-11-20(3)22-13-14-23-21-12-15-25-27(4,5)30(32,26(31)33-8)18-29(25,7)24(21)16-17-28(22,23)6/h15,19-24,32H,9-14,16-18H2,1-8H3/t20-,21+,22-,23-,24+,28+,29+,30-/m0/s1. The van der Waals surface area contributed by atoms with E-state index in [1.54, 1.807) is 0 Å². The van der Waals surface area contributed by atoms with Gasteiger partial charge in [0.1, 0.15) is 0 Å². The maximum atomic E-state index is 12.8. The van der Waals surface area contributed by atoms with Crippen LogP contribution >= 0.6 is 0 Å². The maximum absolute atomic E-state index is 12.8. The minimum absolute atomic E-state index is 0.113. The summed E-state index contributed by atoms with van der Waals surface area (Å²) in [5, 5.41) is 11.6. The average molecular weight is 459 g/mol. The monoisotopic (exact) mass is 458 g/mol. The minimum Gasteiger partial charge on any atom is -0.467 e. The molecule has 0 spiro atoms. The molecule has 3 nitrogen and oxygen atoms in total. The van der Waals surface area contributed by atoms with Crippen molar-refractivity contribution in [3.8, 4) is 0 Å². The lowest BCUT2D eigenvalue weighted by Gasteiger charge is -2.56. The number of esters is 1. The number of methoxy groups -OCH3 is 1. The van der Waals surface area contributed by atoms with Crippen LogP contribution < -0.4 is 0 Å². The van der Waals surface area contributed by atoms with Crippen molar-refractivity contribution >= 4 is 5.97 Å². The molecule has 0 unspecified atom stereocenters. The summed E-state index contributed by atoms with van der Waals surface area (Å²) in [6.07, 6.45) is 13.4. The molecule has 4 rings (SSSR count). The van der Waals surface area contributed by atoms with Gasteiger partial charge in [0.05, 0.1) is 7.11 Å². The molecule has 3 fully saturated rings. The van der Waals surface area contributed by atoms with Gasteiger partial charge in [-0.15, -0.1) is 0 Å². The highest BCUT2D eigenvalue weighted by molar-refractivity contribution is 5.82. The van der Waals surface area contributed by atoms with E-state index in [4.69, 9.17) is 4.74 Å². The summed E-state index contributed by atoms with van der Waals surface area (Å²) in [5.41, 5.74) is -0.362. The van der Waals surface area contributed by atoms with Crippen LogP contribution in [0.25, 0.3) is 0 Å². The molecule has 0 amide bonds. The third kappa shape index (κ3) is 3.57. The molecule has 3 saturated carbocycles. The third-order valence-electron chi connectivity index (χ3n) is 11.5. The third-order valence-corrected chi connectivity index (χ3v) is 11.5. The minimum atomic E-state index is -1.43. The van der Waals surface area contributed by atoms with Crippen molar-refractivity contribution in [3.63, 3.8) is 0 Å². The van der Waals surface area contributed by atoms with E-state index in [0.717, 1.165) is 30.1 Å². The number of hydrogen-bond acceptors (Lipinski definition) is 3. The lowest BCUT2D eigenvalue weighted by atomic mass is 9.48. The van der Waals surface area contributed by atoms with E-state index in [1.807, 2.05) is 0 Å². The fourth-order valence-corrected chi connectivity index (χ4v) is 9.79. The molecular formula is C30H50O3. The van der Waals surface area contributed by atoms with Gasteiger partial charge in [-0.3, -0.25) is 0 Å². The number of ether oxygens (including phenoxy) is 1. The molecule has 4 aliphatic rings. The number of allylic oxidation sites excluding steroid dienone is 1. The molecule has 0 aromatic rings. The first-order chi connectivity index (χ1) is 15.3. The molecule has 3 heteroatoms. The van der Waals surface area contributed by atoms with Gasteiger partial charge in [0, 0.05) is 5.41 Å². The lowest BCUT2D eigenvalue weighted by molar-refractivity contribution is -0.172. The van der Waals surface area contributed by atoms with Gasteiger partial charge in [0.15, 0.2) is 5.60 Å². The van der Waals surface area contributed by atoms with Crippen LogP contribution in [0.2, 0.25) is 0 Å². The zero-order valence-corrected chi connectivity index (χ0v) is 22.7. The van der Waals surface area contributed by atoms with Crippen LogP contribution in [0, 0.1) is 51.8 Å². The van der Waals surface area contributed by atoms with E-state index in [9.17, 15) is 9.90 Å². The fraction of sp³-hybridized carbons (Fsp3) is 0.900. The predicted molar refractivity (Wildman–Crippen MR) is 135 cm³/mol. The Labute approximate surface area is 203 Å². The Morgan fingerprint density at radius 2 is 1.79 bits per heavy atom. The van der Waals surface area contributed by atoms with E-state index in [-0.39, 0.29) is 5.41 Å². The van der Waals surface area contributed by atoms with E-state index in [1.165, 1.54) is 57.6 Å². The first-order valence-corrected chi connectivity index (χ1v) is 13.8. The summed E-state index contributed by atoms with van der Waals surface area (Å²) in [6.45, 7) is 16.3. The van der Waals surface area contributed by atoms with Gasteiger partial charge in [-0.25, -0.2) is 4.79 Å². The van der Waals surface area contributed by atoms with E-state index in [0.29, 0.717) is 23.7 Å². The molecule has 0 radical (unpaired) electrons. The topological polar surface area (TPSA) is 46.5 Å². The highest BCUT2D eigenvalue weighted by Gasteiger charge is 2.69. The Hall–Kier alpha value is -0.830. The van der Waals surface area contributed by atoms with Crippen LogP contribution in [0.15, 0.2) is 11.6 Å². The molecule has 0 bridgehead atoms. The Bertz CT molecular complexity index is 796. The molecule has 0 aliphatic heterocycles. The highest BCUT2D eigenvalue weighted by atomic mass is 16.5. The second kappa shape index (κ2) is 8.38. The Balaban J connectivity index is 1.58. The van der Waals surface area contributed by atoms with E-state index < -0.39 is 17.0 Å². The average Bonchev–Trinajstić information content (AvgIpc) is 3.17. The Morgan fingerprint density at radius 3 is 2.42 bits per heavy atom. The van der Waals surface area contributed by atoms with Crippen molar-refractivity contribution in [3.05, 3.63) is 11.6 Å². The fourth-order valence-electron chi connectivity index (χ4n) is 9.79. The molecule has 0 heterocycles. The van der Waals surface area contributed by atoms with Crippen molar-refractivity contribution < 1.29 is 14.6 Å². The molecule has 4 aliphatic carbocycles. The molecule has 0 aromatic carbocycles. The summed E-state index contributed by atoms with van der Waals surface area (Å²) < 4.78 is 5.12. The quantitative estimate of drug-likeness (QED) is 0.339. The summed E-state index contributed by atoms with van der Waals surface area (Å²) >= 11 is 0. The van der Waals surface area contributed by atoms with Gasteiger partial charge in [0.25, 0.3) is 0 Å². The van der Waals surface area contributed by atoms with E-state index in [2.05, 4.69) is 54.5 Å². The molecule has 33 heavy (non-hydrogen) atoms. The zero-order chi connectivity index (χ0) is 24.4. The van der Waals surface area contributed by atoms with Crippen molar-refractivity contribution in [1.29, 1.82) is 0 Å². The molecular weight excluding hydrogens is 408 g/mol. The number of aliphatic hydroxyl groups is 1. The summed E-state index contributed by atoms with van der Waals surface area (Å²) in [5.74, 6) is 4.03. The first kappa shape index (κ1) is 25.3. The van der Waals surface area contributed by atoms with Crippen LogP contribution in [-0.4, -0.2) is 23.8 Å². The van der Waals surface area contributed by atoms with Gasteiger partial charge >= 0.3 is 5.97 Å². The zero-order valence-electron chi connectivity index (χ0n) is 22.7. The van der Waals surface area contributed by atoms with Crippen LogP contribution in [0.1, 0.15) is 106 Å². The molecule has 0 saturated heterocycles. The molecule has 1 N–H and O–H groups in total. The van der Waals surface area contributed by atoms with Crippen molar-refractivity contribution in [2.24, 2.45) is 51.8 Å². The number of hydrogen-bond donors (Lipinski definition) is 1. The molecule has 0 aromatic heterocycles. The van der Waals surface area contributed by atoms with Gasteiger partial charge in [-0.2, -0.15) is 0 Å². The summed E-state index contributed by atoms with van der Waals surface area (Å²) in [4.78, 5) is 12.8. The van der Waals surface area contributed by atoms with Gasteiger partial charge in [-0.1, -0.05) is 79.4 Å². The predicted octanol–water partition coefficient (Wildman–Crippen LogP) is 7.18. The first-order valence-electron chi connectivity index (χ1n) is 13.8. The summed E-state index contributed by atoms with van der Waals surface area (Å²) in [7, 11) is 1.41. The molecule has 8 atom stereocenters. The molecule has 188 valence electrons. The van der Waals surface area contributed by atoms with Crippen LogP contribution in [0.4, 0.5) is 0 Å². The van der Waals surface area contributed by atoms with Crippen LogP contribution in [0.5, 0.6) is 0 Å². The second-order valence-corrected chi connectivity index (χ2v) is 13.8. The Morgan fingerprint density at radius 1 is 1.09 bits per heavy atom. The highest BCUT2D eigenvalue weighted by Crippen LogP contribution is 2.71. The number of carbonyl (C=O) groups excluding carboxylic acids is 1. The van der Waals surface area contributed by atoms with Crippen molar-refractivity contribution in [1.82, 2.24) is 0 Å². The lowest BCUT2D eigenvalue weighted by Crippen LogP contribution is -2.49. The number of fused-ring (bicyclic) bond motifs is 5. The Kier molecular flexibility index (Phi) is 6.42. The smallest absolute Gasteiger partial charge is 0.338 e. The normalized spacial score (nSPS) is 44.6. The SMILES string of the molecule is COC(=O)[C@@]1(O)C[C@@]2(C)C(=CC[C@H]3[C@H]2CC[C@@]2(C)[C@H]3CC[C@H]2[C@@H](C)CCCC(C)C)C1(C)C. The maximum Gasteiger partial charge on any atom is 0.338 e. The van der Waals surface area contributed by atoms with Crippen LogP contribution in [0.3, 0.4) is 0 Å². The van der Waals surface area contributed by atoms with E-state index >= 15 is 0 Å². The summed E-state index contributed by atoms with van der Waals surface area (Å²) in [6, 6.07) is 0. The van der Waals surface area contributed by atoms with Crippen LogP contribution in [-0.2, 0) is 9.53 Å². The van der Waals surface area contributed by atoms with Gasteiger partial charge in [-0.05, 0) is 84.9 Å². The van der Waals surface area contributed by atoms with Gasteiger partial charge in [0.2, 0.25) is 0 Å². The second-order valence-electron chi connectivity index (χ2n) is 13.8. The number of rotatable bonds is 6. The van der Waals surface area contributed by atoms with Crippen molar-refractivity contribution in [2.45, 2.75) is 112 Å².